The fourth-order valence-electron chi connectivity index (χ4n) is 1.97. The summed E-state index contributed by atoms with van der Waals surface area (Å²) in [6.07, 6.45) is 1.82. The number of ether oxygens (including phenoxy) is 1. The summed E-state index contributed by atoms with van der Waals surface area (Å²) in [6, 6.07) is 9.66. The lowest BCUT2D eigenvalue weighted by Gasteiger charge is -2.04. The molecule has 3 N–H and O–H groups in total. The van der Waals surface area contributed by atoms with Crippen molar-refractivity contribution < 1.29 is 4.74 Å². The number of methoxy groups -OCH3 is 1. The summed E-state index contributed by atoms with van der Waals surface area (Å²) >= 11 is 1.54. The van der Waals surface area contributed by atoms with Crippen molar-refractivity contribution in [1.82, 2.24) is 15.0 Å². The molecule has 1 atom stereocenters. The Labute approximate surface area is 126 Å². The third-order valence-corrected chi connectivity index (χ3v) is 3.97. The smallest absolute Gasteiger partial charge is 0.171 e. The number of fused-ring (bicyclic) bond motifs is 1. The fraction of sp³-hybridized carbons (Fsp3) is 0.200. The minimum atomic E-state index is -0.0530. The van der Waals surface area contributed by atoms with Crippen LogP contribution in [0.2, 0.25) is 0 Å². The molecular formula is C15H16N4OS. The van der Waals surface area contributed by atoms with Crippen molar-refractivity contribution >= 4 is 22.8 Å². The molecule has 2 heterocycles. The minimum absolute atomic E-state index is 0.0530. The molecule has 3 rings (SSSR count). The topological polar surface area (TPSA) is 76.8 Å². The summed E-state index contributed by atoms with van der Waals surface area (Å²) in [5.41, 5.74) is 8.55. The maximum Gasteiger partial charge on any atom is 0.171 e. The van der Waals surface area contributed by atoms with Crippen LogP contribution in [0.1, 0.15) is 18.7 Å². The van der Waals surface area contributed by atoms with Crippen LogP contribution in [0, 0.1) is 0 Å². The Morgan fingerprint density at radius 1 is 1.29 bits per heavy atom. The van der Waals surface area contributed by atoms with Gasteiger partial charge >= 0.3 is 0 Å². The average molecular weight is 300 g/mol. The van der Waals surface area contributed by atoms with Gasteiger partial charge in [-0.1, -0.05) is 11.8 Å². The molecule has 0 fully saturated rings. The molecule has 5 nitrogen and oxygen atoms in total. The summed E-state index contributed by atoms with van der Waals surface area (Å²) in [6.45, 7) is 1.92. The molecule has 0 saturated carbocycles. The molecule has 0 bridgehead atoms. The number of nitrogens with zero attached hydrogens (tertiary/aromatic N) is 2. The van der Waals surface area contributed by atoms with E-state index in [-0.39, 0.29) is 6.04 Å². The van der Waals surface area contributed by atoms with Gasteiger partial charge in [-0.2, -0.15) is 0 Å². The lowest BCUT2D eigenvalue weighted by atomic mass is 10.2. The number of H-pyrrole nitrogens is 1. The molecule has 0 unspecified atom stereocenters. The summed E-state index contributed by atoms with van der Waals surface area (Å²) < 4.78 is 5.21. The van der Waals surface area contributed by atoms with Crippen molar-refractivity contribution in [2.24, 2.45) is 5.73 Å². The molecule has 0 saturated heterocycles. The number of rotatable bonds is 4. The first-order valence-corrected chi connectivity index (χ1v) is 7.40. The Hall–Kier alpha value is -2.05. The van der Waals surface area contributed by atoms with E-state index in [1.165, 1.54) is 11.8 Å². The van der Waals surface area contributed by atoms with Crippen LogP contribution < -0.4 is 10.5 Å². The quantitative estimate of drug-likeness (QED) is 0.774. The van der Waals surface area contributed by atoms with Crippen LogP contribution in [-0.2, 0) is 0 Å². The molecule has 0 aliphatic carbocycles. The van der Waals surface area contributed by atoms with Crippen molar-refractivity contribution in [3.63, 3.8) is 0 Å². The van der Waals surface area contributed by atoms with Gasteiger partial charge < -0.3 is 15.5 Å². The highest BCUT2D eigenvalue weighted by molar-refractivity contribution is 7.99. The number of hydrogen-bond donors (Lipinski definition) is 2. The normalized spacial score (nSPS) is 12.5. The highest BCUT2D eigenvalue weighted by Gasteiger charge is 2.07. The maximum absolute atomic E-state index is 5.79. The van der Waals surface area contributed by atoms with Gasteiger partial charge in [0, 0.05) is 23.2 Å². The van der Waals surface area contributed by atoms with E-state index in [0.29, 0.717) is 0 Å². The van der Waals surface area contributed by atoms with Crippen molar-refractivity contribution in [1.29, 1.82) is 0 Å². The second-order valence-corrected chi connectivity index (χ2v) is 5.80. The predicted octanol–water partition coefficient (Wildman–Crippen LogP) is 3.14. The molecule has 0 spiro atoms. The predicted molar refractivity (Wildman–Crippen MR) is 83.6 cm³/mol. The van der Waals surface area contributed by atoms with Gasteiger partial charge in [-0.05, 0) is 31.2 Å². The van der Waals surface area contributed by atoms with E-state index >= 15 is 0 Å². The largest absolute Gasteiger partial charge is 0.497 e. The molecule has 0 radical (unpaired) electrons. The van der Waals surface area contributed by atoms with Crippen LogP contribution in [-0.4, -0.2) is 22.1 Å². The summed E-state index contributed by atoms with van der Waals surface area (Å²) in [5, 5.41) is 0.827. The lowest BCUT2D eigenvalue weighted by molar-refractivity contribution is 0.415. The first-order valence-electron chi connectivity index (χ1n) is 6.59. The first-order chi connectivity index (χ1) is 10.2. The van der Waals surface area contributed by atoms with Crippen LogP contribution in [0.5, 0.6) is 5.75 Å². The second kappa shape index (κ2) is 5.75. The number of aromatic nitrogens is 3. The van der Waals surface area contributed by atoms with E-state index in [0.717, 1.165) is 32.5 Å². The molecule has 1 aromatic carbocycles. The van der Waals surface area contributed by atoms with E-state index in [1.807, 2.05) is 43.5 Å². The van der Waals surface area contributed by atoms with E-state index in [1.54, 1.807) is 7.11 Å². The van der Waals surface area contributed by atoms with E-state index in [2.05, 4.69) is 15.0 Å². The molecule has 21 heavy (non-hydrogen) atoms. The number of aromatic amines is 1. The zero-order chi connectivity index (χ0) is 14.8. The lowest BCUT2D eigenvalue weighted by Crippen LogP contribution is -2.06. The Morgan fingerprint density at radius 3 is 2.81 bits per heavy atom. The third-order valence-electron chi connectivity index (χ3n) is 3.11. The number of imidazole rings is 1. The highest BCUT2D eigenvalue weighted by Crippen LogP contribution is 2.28. The molecule has 0 aliphatic rings. The zero-order valence-electron chi connectivity index (χ0n) is 11.8. The number of benzene rings is 1. The third kappa shape index (κ3) is 3.01. The summed E-state index contributed by atoms with van der Waals surface area (Å²) in [5.74, 6) is 0.811. The van der Waals surface area contributed by atoms with Crippen molar-refractivity contribution in [3.8, 4) is 5.75 Å². The molecule has 0 amide bonds. The molecule has 0 aliphatic heterocycles. The van der Waals surface area contributed by atoms with Crippen LogP contribution in [0.15, 0.2) is 46.6 Å². The van der Waals surface area contributed by atoms with Crippen LogP contribution in [0.4, 0.5) is 0 Å². The van der Waals surface area contributed by atoms with Gasteiger partial charge in [-0.25, -0.2) is 4.98 Å². The zero-order valence-corrected chi connectivity index (χ0v) is 12.6. The van der Waals surface area contributed by atoms with Gasteiger partial charge in [0.2, 0.25) is 0 Å². The second-order valence-electron chi connectivity index (χ2n) is 4.73. The van der Waals surface area contributed by atoms with E-state index in [9.17, 15) is 0 Å². The average Bonchev–Trinajstić information content (AvgIpc) is 2.88. The number of hydrogen-bond acceptors (Lipinski definition) is 5. The van der Waals surface area contributed by atoms with Gasteiger partial charge in [0.1, 0.15) is 5.75 Å². The number of nitrogens with two attached hydrogens (primary N) is 1. The standard InChI is InChI=1S/C15H16N4OS/c1-9(16)12-6-4-11(8-17-12)21-15-18-13-5-3-10(20-2)7-14(13)19-15/h3-9H,16H2,1-2H3,(H,18,19)/t9-/m1/s1. The number of nitrogens with one attached hydrogen (secondary N) is 1. The van der Waals surface area contributed by atoms with Crippen LogP contribution in [0.3, 0.4) is 0 Å². The SMILES string of the molecule is COc1ccc2nc(Sc3ccc([C@@H](C)N)nc3)[nH]c2c1. The summed E-state index contributed by atoms with van der Waals surface area (Å²) in [7, 11) is 1.65. The van der Waals surface area contributed by atoms with Gasteiger partial charge in [0.05, 0.1) is 23.8 Å². The van der Waals surface area contributed by atoms with E-state index in [4.69, 9.17) is 10.5 Å². The number of pyridine rings is 1. The molecule has 6 heteroatoms. The highest BCUT2D eigenvalue weighted by atomic mass is 32.2. The van der Waals surface area contributed by atoms with Gasteiger partial charge in [0.25, 0.3) is 0 Å². The minimum Gasteiger partial charge on any atom is -0.497 e. The maximum atomic E-state index is 5.79. The van der Waals surface area contributed by atoms with Crippen molar-refractivity contribution in [2.75, 3.05) is 7.11 Å². The molecule has 108 valence electrons. The van der Waals surface area contributed by atoms with Crippen molar-refractivity contribution in [3.05, 3.63) is 42.2 Å². The van der Waals surface area contributed by atoms with Crippen molar-refractivity contribution in [2.45, 2.75) is 23.0 Å². The van der Waals surface area contributed by atoms with Crippen LogP contribution in [0.25, 0.3) is 11.0 Å². The Balaban J connectivity index is 1.84. The monoisotopic (exact) mass is 300 g/mol. The summed E-state index contributed by atoms with van der Waals surface area (Å²) in [4.78, 5) is 13.2. The molecular weight excluding hydrogens is 284 g/mol. The van der Waals surface area contributed by atoms with Crippen LogP contribution >= 0.6 is 11.8 Å². The molecule has 2 aromatic heterocycles. The Morgan fingerprint density at radius 2 is 2.14 bits per heavy atom. The molecule has 3 aromatic rings. The Bertz CT molecular complexity index is 752. The van der Waals surface area contributed by atoms with Gasteiger partial charge in [0.15, 0.2) is 5.16 Å². The Kier molecular flexibility index (Phi) is 3.81. The van der Waals surface area contributed by atoms with E-state index < -0.39 is 0 Å². The van der Waals surface area contributed by atoms with Gasteiger partial charge in [-0.15, -0.1) is 0 Å². The van der Waals surface area contributed by atoms with Gasteiger partial charge in [-0.3, -0.25) is 4.98 Å². The fourth-order valence-corrected chi connectivity index (χ4v) is 2.74. The first kappa shape index (κ1) is 13.9.